The molecule has 4 rings (SSSR count). The van der Waals surface area contributed by atoms with Gasteiger partial charge in [-0.15, -0.1) is 0 Å². The highest BCUT2D eigenvalue weighted by Gasteiger charge is 2.36. The average molecular weight is 412 g/mol. The number of carbonyl (C=O) groups is 1. The number of fused-ring (bicyclic) bond motifs is 1. The average Bonchev–Trinajstić information content (AvgIpc) is 2.74. The highest BCUT2D eigenvalue weighted by atomic mass is 16.3. The van der Waals surface area contributed by atoms with E-state index in [0.29, 0.717) is 12.0 Å². The molecule has 1 unspecified atom stereocenters. The Morgan fingerprint density at radius 2 is 2.03 bits per heavy atom. The molecule has 2 aliphatic rings. The number of aromatic nitrogens is 2. The Kier molecular flexibility index (Phi) is 6.49. The second kappa shape index (κ2) is 9.27. The third-order valence-corrected chi connectivity index (χ3v) is 6.73. The summed E-state index contributed by atoms with van der Waals surface area (Å²) in [5.41, 5.74) is 2.80. The van der Waals surface area contributed by atoms with Gasteiger partial charge in [0.2, 0.25) is 5.91 Å². The number of carbonyl (C=O) groups excluding carboxylic acids is 1. The van der Waals surface area contributed by atoms with Crippen molar-refractivity contribution >= 4 is 22.5 Å². The van der Waals surface area contributed by atoms with Crippen LogP contribution in [0.1, 0.15) is 44.6 Å². The molecule has 1 saturated heterocycles. The van der Waals surface area contributed by atoms with Crippen LogP contribution < -0.4 is 10.6 Å². The summed E-state index contributed by atoms with van der Waals surface area (Å²) in [6.07, 6.45) is 6.93. The van der Waals surface area contributed by atoms with E-state index in [1.165, 1.54) is 0 Å². The van der Waals surface area contributed by atoms with Crippen molar-refractivity contribution in [1.82, 2.24) is 20.4 Å². The summed E-state index contributed by atoms with van der Waals surface area (Å²) < 4.78 is 0. The molecule has 0 spiro atoms. The molecule has 2 fully saturated rings. The van der Waals surface area contributed by atoms with Gasteiger partial charge in [0, 0.05) is 24.5 Å². The first kappa shape index (κ1) is 21.0. The Morgan fingerprint density at radius 1 is 1.27 bits per heavy atom. The molecular formula is C23H33N5O2. The largest absolute Gasteiger partial charge is 0.393 e. The number of aliphatic hydroxyl groups excluding tert-OH is 1. The Balaban J connectivity index is 1.20. The van der Waals surface area contributed by atoms with E-state index in [9.17, 15) is 9.90 Å². The highest BCUT2D eigenvalue weighted by Crippen LogP contribution is 2.32. The quantitative estimate of drug-likeness (QED) is 0.649. The molecule has 0 bridgehead atoms. The number of anilines is 1. The van der Waals surface area contributed by atoms with Crippen molar-refractivity contribution in [3.05, 3.63) is 30.0 Å². The zero-order valence-electron chi connectivity index (χ0n) is 18.0. The van der Waals surface area contributed by atoms with E-state index < -0.39 is 0 Å². The van der Waals surface area contributed by atoms with Crippen LogP contribution in [0.25, 0.3) is 10.9 Å². The molecule has 0 radical (unpaired) electrons. The van der Waals surface area contributed by atoms with Gasteiger partial charge in [0.1, 0.15) is 0 Å². The highest BCUT2D eigenvalue weighted by molar-refractivity contribution is 5.92. The Labute approximate surface area is 178 Å². The van der Waals surface area contributed by atoms with Gasteiger partial charge in [-0.05, 0) is 57.1 Å². The molecular weight excluding hydrogens is 378 g/mol. The third-order valence-electron chi connectivity index (χ3n) is 6.73. The first-order valence-corrected chi connectivity index (χ1v) is 11.2. The SMILES string of the molecule is CCC(O)[C@H]1CC[C@@H](N2CC(NC(=O)CNc3cnnc4ccc(C)cc34)C2)CC1. The molecule has 2 heterocycles. The molecule has 30 heavy (non-hydrogen) atoms. The number of aliphatic hydroxyl groups is 1. The van der Waals surface area contributed by atoms with Crippen molar-refractivity contribution in [2.75, 3.05) is 25.0 Å². The zero-order chi connectivity index (χ0) is 21.1. The van der Waals surface area contributed by atoms with Crippen molar-refractivity contribution in [3.8, 4) is 0 Å². The molecule has 1 aromatic carbocycles. The molecule has 1 aliphatic carbocycles. The Morgan fingerprint density at radius 3 is 2.77 bits per heavy atom. The number of hydrogen-bond donors (Lipinski definition) is 3. The van der Waals surface area contributed by atoms with Gasteiger partial charge < -0.3 is 15.7 Å². The van der Waals surface area contributed by atoms with Crippen molar-refractivity contribution in [2.24, 2.45) is 5.92 Å². The number of nitrogens with zero attached hydrogens (tertiary/aromatic N) is 3. The second-order valence-corrected chi connectivity index (χ2v) is 8.89. The summed E-state index contributed by atoms with van der Waals surface area (Å²) in [5, 5.41) is 25.5. The smallest absolute Gasteiger partial charge is 0.239 e. The van der Waals surface area contributed by atoms with Crippen LogP contribution in [0.3, 0.4) is 0 Å². The van der Waals surface area contributed by atoms with Gasteiger partial charge in [-0.25, -0.2) is 0 Å². The van der Waals surface area contributed by atoms with E-state index in [2.05, 4.69) is 38.7 Å². The van der Waals surface area contributed by atoms with Crippen LogP contribution in [0, 0.1) is 12.8 Å². The van der Waals surface area contributed by atoms with Crippen LogP contribution in [0.2, 0.25) is 0 Å². The number of aryl methyl sites for hydroxylation is 1. The van der Waals surface area contributed by atoms with E-state index in [4.69, 9.17) is 0 Å². The molecule has 1 aromatic heterocycles. The lowest BCUT2D eigenvalue weighted by atomic mass is 9.80. The van der Waals surface area contributed by atoms with Crippen molar-refractivity contribution in [2.45, 2.75) is 64.1 Å². The van der Waals surface area contributed by atoms with E-state index in [1.807, 2.05) is 19.1 Å². The van der Waals surface area contributed by atoms with E-state index in [1.54, 1.807) is 6.20 Å². The first-order valence-electron chi connectivity index (χ1n) is 11.2. The van der Waals surface area contributed by atoms with Crippen LogP contribution in [-0.4, -0.2) is 63.9 Å². The molecule has 7 nitrogen and oxygen atoms in total. The maximum Gasteiger partial charge on any atom is 0.239 e. The predicted molar refractivity (Wildman–Crippen MR) is 118 cm³/mol. The van der Waals surface area contributed by atoms with Crippen LogP contribution in [0.15, 0.2) is 24.4 Å². The third kappa shape index (κ3) is 4.73. The van der Waals surface area contributed by atoms with Crippen LogP contribution in [0.4, 0.5) is 5.69 Å². The van der Waals surface area contributed by atoms with Crippen molar-refractivity contribution in [1.29, 1.82) is 0 Å². The number of nitrogens with one attached hydrogen (secondary N) is 2. The summed E-state index contributed by atoms with van der Waals surface area (Å²) in [7, 11) is 0. The van der Waals surface area contributed by atoms with Gasteiger partial charge in [0.25, 0.3) is 0 Å². The summed E-state index contributed by atoms with van der Waals surface area (Å²) >= 11 is 0. The Bertz CT molecular complexity index is 875. The fraction of sp³-hybridized carbons (Fsp3) is 0.609. The Hall–Kier alpha value is -2.25. The van der Waals surface area contributed by atoms with Crippen molar-refractivity contribution in [3.63, 3.8) is 0 Å². The van der Waals surface area contributed by atoms with Gasteiger partial charge in [-0.3, -0.25) is 9.69 Å². The van der Waals surface area contributed by atoms with E-state index in [0.717, 1.165) is 67.3 Å². The lowest BCUT2D eigenvalue weighted by Gasteiger charge is -2.47. The lowest BCUT2D eigenvalue weighted by Crippen LogP contribution is -2.63. The fourth-order valence-corrected chi connectivity index (χ4v) is 4.85. The fourth-order valence-electron chi connectivity index (χ4n) is 4.85. The molecule has 3 N–H and O–H groups in total. The second-order valence-electron chi connectivity index (χ2n) is 8.89. The van der Waals surface area contributed by atoms with Crippen LogP contribution in [0.5, 0.6) is 0 Å². The number of amides is 1. The molecule has 1 atom stereocenters. The minimum atomic E-state index is -0.140. The van der Waals surface area contributed by atoms with Crippen LogP contribution >= 0.6 is 0 Å². The maximum atomic E-state index is 12.4. The van der Waals surface area contributed by atoms with E-state index >= 15 is 0 Å². The topological polar surface area (TPSA) is 90.4 Å². The molecule has 1 amide bonds. The zero-order valence-corrected chi connectivity index (χ0v) is 18.0. The van der Waals surface area contributed by atoms with Gasteiger partial charge in [-0.1, -0.05) is 18.6 Å². The standard InChI is InChI=1S/C23H33N5O2/c1-3-22(29)16-5-7-18(8-6-16)28-13-17(14-28)26-23(30)12-24-21-11-25-27-20-9-4-15(2)10-19(20)21/h4,9-11,16-18,22,29H,3,5-8,12-14H2,1-2H3,(H,24,27)(H,26,30)/t16-,18+,22?. The van der Waals surface area contributed by atoms with Gasteiger partial charge in [-0.2, -0.15) is 10.2 Å². The summed E-state index contributed by atoms with van der Waals surface area (Å²) in [6, 6.07) is 6.85. The molecule has 7 heteroatoms. The summed E-state index contributed by atoms with van der Waals surface area (Å²) in [5.74, 6) is 0.476. The number of rotatable bonds is 7. The van der Waals surface area contributed by atoms with Crippen LogP contribution in [-0.2, 0) is 4.79 Å². The number of likely N-dealkylation sites (tertiary alicyclic amines) is 1. The minimum absolute atomic E-state index is 0.00652. The summed E-state index contributed by atoms with van der Waals surface area (Å²) in [6.45, 7) is 6.18. The van der Waals surface area contributed by atoms with Gasteiger partial charge in [0.05, 0.1) is 36.1 Å². The summed E-state index contributed by atoms with van der Waals surface area (Å²) in [4.78, 5) is 14.9. The molecule has 2 aromatic rings. The molecule has 1 saturated carbocycles. The van der Waals surface area contributed by atoms with Crippen molar-refractivity contribution < 1.29 is 9.90 Å². The monoisotopic (exact) mass is 411 g/mol. The molecule has 1 aliphatic heterocycles. The maximum absolute atomic E-state index is 12.4. The van der Waals surface area contributed by atoms with E-state index in [-0.39, 0.29) is 24.6 Å². The predicted octanol–water partition coefficient (Wildman–Crippen LogP) is 2.48. The minimum Gasteiger partial charge on any atom is -0.393 e. The number of benzene rings is 1. The van der Waals surface area contributed by atoms with Gasteiger partial charge >= 0.3 is 0 Å². The normalized spacial score (nSPS) is 23.7. The first-order chi connectivity index (χ1) is 14.5. The molecule has 162 valence electrons. The lowest BCUT2D eigenvalue weighted by molar-refractivity contribution is -0.121. The van der Waals surface area contributed by atoms with Gasteiger partial charge in [0.15, 0.2) is 0 Å². The number of hydrogen-bond acceptors (Lipinski definition) is 6.